The van der Waals surface area contributed by atoms with Crippen molar-refractivity contribution >= 4 is 5.97 Å². The van der Waals surface area contributed by atoms with Crippen LogP contribution in [0, 0.1) is 5.92 Å². The Morgan fingerprint density at radius 2 is 1.66 bits per heavy atom. The monoisotopic (exact) mass is 394 g/mol. The summed E-state index contributed by atoms with van der Waals surface area (Å²) in [4.78, 5) is 21.4. The van der Waals surface area contributed by atoms with Gasteiger partial charge in [0.2, 0.25) is 0 Å². The van der Waals surface area contributed by atoms with E-state index in [1.807, 2.05) is 24.3 Å². The lowest BCUT2D eigenvalue weighted by molar-refractivity contribution is 0.0733. The number of esters is 1. The predicted octanol–water partition coefficient (Wildman–Crippen LogP) is 6.50. The van der Waals surface area contributed by atoms with Crippen LogP contribution in [0.3, 0.4) is 0 Å². The van der Waals surface area contributed by atoms with Crippen molar-refractivity contribution in [2.24, 2.45) is 5.92 Å². The Labute approximate surface area is 175 Å². The van der Waals surface area contributed by atoms with Gasteiger partial charge in [-0.2, -0.15) is 0 Å². The SMILES string of the molecule is CCCCCc1ccc(C(=O)Oc2cnc(C3CCC(CCC)CC3)nc2)cc1. The first kappa shape index (κ1) is 21.5. The molecule has 0 unspecified atom stereocenters. The zero-order chi connectivity index (χ0) is 20.5. The second-order valence-electron chi connectivity index (χ2n) is 8.33. The highest BCUT2D eigenvalue weighted by Crippen LogP contribution is 2.36. The third kappa shape index (κ3) is 6.38. The van der Waals surface area contributed by atoms with Crippen molar-refractivity contribution in [3.63, 3.8) is 0 Å². The normalized spacial score (nSPS) is 19.1. The minimum atomic E-state index is -0.360. The fraction of sp³-hybridized carbons (Fsp3) is 0.560. The Morgan fingerprint density at radius 3 is 2.28 bits per heavy atom. The van der Waals surface area contributed by atoms with Crippen LogP contribution in [0.5, 0.6) is 5.75 Å². The minimum absolute atomic E-state index is 0.360. The van der Waals surface area contributed by atoms with E-state index in [-0.39, 0.29) is 5.97 Å². The lowest BCUT2D eigenvalue weighted by Gasteiger charge is -2.27. The van der Waals surface area contributed by atoms with Crippen molar-refractivity contribution < 1.29 is 9.53 Å². The van der Waals surface area contributed by atoms with E-state index in [0.29, 0.717) is 17.2 Å². The smallest absolute Gasteiger partial charge is 0.343 e. The molecule has 1 fully saturated rings. The summed E-state index contributed by atoms with van der Waals surface area (Å²) in [5.41, 5.74) is 1.82. The molecule has 0 aliphatic heterocycles. The average molecular weight is 395 g/mol. The van der Waals surface area contributed by atoms with Crippen molar-refractivity contribution in [3.8, 4) is 5.75 Å². The van der Waals surface area contributed by atoms with Gasteiger partial charge < -0.3 is 4.74 Å². The Balaban J connectivity index is 1.51. The minimum Gasteiger partial charge on any atom is -0.420 e. The Morgan fingerprint density at radius 1 is 0.966 bits per heavy atom. The largest absolute Gasteiger partial charge is 0.420 e. The molecule has 4 heteroatoms. The van der Waals surface area contributed by atoms with Crippen LogP contribution in [-0.2, 0) is 6.42 Å². The van der Waals surface area contributed by atoms with E-state index in [0.717, 1.165) is 31.0 Å². The molecule has 1 aromatic carbocycles. The van der Waals surface area contributed by atoms with Crippen molar-refractivity contribution in [2.75, 3.05) is 0 Å². The second-order valence-corrected chi connectivity index (χ2v) is 8.33. The number of ether oxygens (including phenoxy) is 1. The van der Waals surface area contributed by atoms with Crippen molar-refractivity contribution in [1.29, 1.82) is 0 Å². The molecule has 29 heavy (non-hydrogen) atoms. The van der Waals surface area contributed by atoms with Crippen LogP contribution in [0.2, 0.25) is 0 Å². The van der Waals surface area contributed by atoms with E-state index >= 15 is 0 Å². The maximum absolute atomic E-state index is 12.4. The highest BCUT2D eigenvalue weighted by atomic mass is 16.5. The molecule has 1 aromatic heterocycles. The first-order valence-electron chi connectivity index (χ1n) is 11.3. The fourth-order valence-corrected chi connectivity index (χ4v) is 4.26. The van der Waals surface area contributed by atoms with Gasteiger partial charge in [-0.05, 0) is 62.1 Å². The van der Waals surface area contributed by atoms with E-state index < -0.39 is 0 Å². The van der Waals surface area contributed by atoms with Gasteiger partial charge in [0.05, 0.1) is 18.0 Å². The molecule has 1 saturated carbocycles. The van der Waals surface area contributed by atoms with Gasteiger partial charge in [0.15, 0.2) is 5.75 Å². The maximum atomic E-state index is 12.4. The van der Waals surface area contributed by atoms with Crippen molar-refractivity contribution in [3.05, 3.63) is 53.6 Å². The number of nitrogens with zero attached hydrogens (tertiary/aromatic N) is 2. The number of hydrogen-bond acceptors (Lipinski definition) is 4. The number of aryl methyl sites for hydroxylation is 1. The lowest BCUT2D eigenvalue weighted by atomic mass is 9.80. The van der Waals surface area contributed by atoms with Gasteiger partial charge in [-0.15, -0.1) is 0 Å². The zero-order valence-electron chi connectivity index (χ0n) is 17.9. The molecule has 1 aliphatic carbocycles. The molecule has 0 saturated heterocycles. The summed E-state index contributed by atoms with van der Waals surface area (Å²) in [6, 6.07) is 7.71. The number of unbranched alkanes of at least 4 members (excludes halogenated alkanes) is 2. The average Bonchev–Trinajstić information content (AvgIpc) is 2.76. The van der Waals surface area contributed by atoms with Gasteiger partial charge in [0, 0.05) is 5.92 Å². The predicted molar refractivity (Wildman–Crippen MR) is 116 cm³/mol. The van der Waals surface area contributed by atoms with Gasteiger partial charge in [-0.25, -0.2) is 14.8 Å². The number of benzene rings is 1. The molecule has 2 aromatic rings. The van der Waals surface area contributed by atoms with Gasteiger partial charge in [0.1, 0.15) is 5.82 Å². The number of carbonyl (C=O) groups is 1. The molecule has 1 aliphatic rings. The first-order chi connectivity index (χ1) is 14.2. The molecule has 0 N–H and O–H groups in total. The molecular formula is C25H34N2O2. The summed E-state index contributed by atoms with van der Waals surface area (Å²) >= 11 is 0. The highest BCUT2D eigenvalue weighted by Gasteiger charge is 2.23. The molecule has 4 nitrogen and oxygen atoms in total. The Kier molecular flexibility index (Phi) is 8.21. The number of carbonyl (C=O) groups excluding carboxylic acids is 1. The summed E-state index contributed by atoms with van der Waals surface area (Å²) in [5, 5.41) is 0. The zero-order valence-corrected chi connectivity index (χ0v) is 17.9. The third-order valence-electron chi connectivity index (χ3n) is 6.03. The third-order valence-corrected chi connectivity index (χ3v) is 6.03. The van der Waals surface area contributed by atoms with Gasteiger partial charge in [0.25, 0.3) is 0 Å². The summed E-state index contributed by atoms with van der Waals surface area (Å²) in [6.45, 7) is 4.46. The second kappa shape index (κ2) is 11.1. The number of aromatic nitrogens is 2. The topological polar surface area (TPSA) is 52.1 Å². The summed E-state index contributed by atoms with van der Waals surface area (Å²) in [7, 11) is 0. The van der Waals surface area contributed by atoms with Crippen molar-refractivity contribution in [1.82, 2.24) is 9.97 Å². The van der Waals surface area contributed by atoms with Gasteiger partial charge in [-0.3, -0.25) is 0 Å². The van der Waals surface area contributed by atoms with E-state index in [1.165, 1.54) is 50.5 Å². The van der Waals surface area contributed by atoms with Crippen LogP contribution in [-0.4, -0.2) is 15.9 Å². The van der Waals surface area contributed by atoms with Crippen LogP contribution in [0.25, 0.3) is 0 Å². The van der Waals surface area contributed by atoms with E-state index in [2.05, 4.69) is 23.8 Å². The first-order valence-corrected chi connectivity index (χ1v) is 11.3. The fourth-order valence-electron chi connectivity index (χ4n) is 4.26. The quantitative estimate of drug-likeness (QED) is 0.360. The van der Waals surface area contributed by atoms with E-state index in [9.17, 15) is 4.79 Å². The van der Waals surface area contributed by atoms with Crippen LogP contribution in [0.15, 0.2) is 36.7 Å². The number of hydrogen-bond donors (Lipinski definition) is 0. The van der Waals surface area contributed by atoms with E-state index in [1.54, 1.807) is 12.4 Å². The number of rotatable bonds is 9. The Hall–Kier alpha value is -2.23. The molecule has 156 valence electrons. The molecule has 3 rings (SSSR count). The molecule has 0 radical (unpaired) electrons. The Bertz CT molecular complexity index is 747. The summed E-state index contributed by atoms with van der Waals surface area (Å²) in [5.74, 6) is 2.24. The standard InChI is InChI=1S/C25H34N2O2/c1-3-5-6-8-20-11-15-22(16-12-20)25(28)29-23-17-26-24(27-18-23)21-13-9-19(7-4-2)10-14-21/h11-12,15-19,21H,3-10,13-14H2,1-2H3. The summed E-state index contributed by atoms with van der Waals surface area (Å²) in [6.07, 6.45) is 15.4. The molecule has 0 atom stereocenters. The maximum Gasteiger partial charge on any atom is 0.343 e. The van der Waals surface area contributed by atoms with E-state index in [4.69, 9.17) is 4.74 Å². The molecule has 0 amide bonds. The molecule has 0 bridgehead atoms. The van der Waals surface area contributed by atoms with Crippen LogP contribution < -0.4 is 4.74 Å². The van der Waals surface area contributed by atoms with Crippen LogP contribution >= 0.6 is 0 Å². The molecular weight excluding hydrogens is 360 g/mol. The lowest BCUT2D eigenvalue weighted by Crippen LogP contribution is -2.15. The van der Waals surface area contributed by atoms with Crippen LogP contribution in [0.1, 0.15) is 99.3 Å². The van der Waals surface area contributed by atoms with Gasteiger partial charge >= 0.3 is 5.97 Å². The summed E-state index contributed by atoms with van der Waals surface area (Å²) < 4.78 is 5.47. The molecule has 0 spiro atoms. The highest BCUT2D eigenvalue weighted by molar-refractivity contribution is 5.91. The molecule has 1 heterocycles. The van der Waals surface area contributed by atoms with Crippen LogP contribution in [0.4, 0.5) is 0 Å². The van der Waals surface area contributed by atoms with Gasteiger partial charge in [-0.1, -0.05) is 51.7 Å². The van der Waals surface area contributed by atoms with Crippen molar-refractivity contribution in [2.45, 2.75) is 84.0 Å².